The molecule has 0 amide bonds. The third-order valence-corrected chi connectivity index (χ3v) is 9.25. The van der Waals surface area contributed by atoms with Gasteiger partial charge in [-0.25, -0.2) is 14.2 Å². The lowest BCUT2D eigenvalue weighted by Gasteiger charge is -2.33. The number of benzene rings is 2. The number of piperidine rings is 1. The summed E-state index contributed by atoms with van der Waals surface area (Å²) in [6.07, 6.45) is 9.94. The molecule has 2 fully saturated rings. The minimum atomic E-state index is -0.876. The maximum Gasteiger partial charge on any atom is 0.326 e. The van der Waals surface area contributed by atoms with Crippen molar-refractivity contribution < 1.29 is 19.4 Å². The van der Waals surface area contributed by atoms with E-state index in [-0.39, 0.29) is 11.1 Å². The van der Waals surface area contributed by atoms with Gasteiger partial charge in [0.25, 0.3) is 0 Å². The molecule has 1 aliphatic heterocycles. The summed E-state index contributed by atoms with van der Waals surface area (Å²) < 4.78 is 14.5. The Kier molecular flexibility index (Phi) is 9.48. The number of aromatic hydroxyl groups is 1. The minimum absolute atomic E-state index is 0.0785. The Bertz CT molecular complexity index is 1660. The van der Waals surface area contributed by atoms with Crippen LogP contribution in [0.5, 0.6) is 5.75 Å². The first-order valence-corrected chi connectivity index (χ1v) is 16.9. The quantitative estimate of drug-likeness (QED) is 0.111. The molecular weight excluding hydrogens is 615 g/mol. The second kappa shape index (κ2) is 13.7. The number of hydrogen-bond donors (Lipinski definition) is 5. The lowest BCUT2D eigenvalue weighted by atomic mass is 10.0. The number of pyridine rings is 2. The van der Waals surface area contributed by atoms with Crippen molar-refractivity contribution in [3.05, 3.63) is 65.7 Å². The highest BCUT2D eigenvalue weighted by Crippen LogP contribution is 2.43. The van der Waals surface area contributed by atoms with Gasteiger partial charge in [0.15, 0.2) is 11.6 Å². The van der Waals surface area contributed by atoms with E-state index in [9.17, 15) is 19.4 Å². The predicted octanol–water partition coefficient (Wildman–Crippen LogP) is 6.88. The van der Waals surface area contributed by atoms with Crippen molar-refractivity contribution in [3.63, 3.8) is 0 Å². The molecule has 4 aromatic rings. The van der Waals surface area contributed by atoms with Gasteiger partial charge in [0, 0.05) is 24.0 Å². The number of nitrogens with zero attached hydrogens (tertiary/aromatic N) is 3. The number of carboxylic acid groups (broad SMARTS) is 1. The SMILES string of the molecule is CSCC[C@@H](C(=O)O)N(c1cnc2ccc(-c3cc(F)c(O)c(Cl)c3)cc2c1Nc1ccc(NC2CCCNC2)nc1)C1CC1. The zero-order valence-corrected chi connectivity index (χ0v) is 26.5. The summed E-state index contributed by atoms with van der Waals surface area (Å²) >= 11 is 7.74. The van der Waals surface area contributed by atoms with E-state index in [0.717, 1.165) is 55.7 Å². The van der Waals surface area contributed by atoms with Crippen LogP contribution in [0.4, 0.5) is 27.3 Å². The number of phenolic OH excluding ortho intramolecular Hbond substituents is 1. The molecule has 1 saturated heterocycles. The number of carboxylic acids is 1. The van der Waals surface area contributed by atoms with Crippen molar-refractivity contribution in [1.82, 2.24) is 15.3 Å². The Labute approximate surface area is 270 Å². The van der Waals surface area contributed by atoms with Crippen molar-refractivity contribution >= 4 is 63.1 Å². The Morgan fingerprint density at radius 2 is 2.00 bits per heavy atom. The van der Waals surface area contributed by atoms with E-state index >= 15 is 0 Å². The molecule has 2 aliphatic rings. The maximum atomic E-state index is 14.5. The number of fused-ring (bicyclic) bond motifs is 1. The number of rotatable bonds is 12. The van der Waals surface area contributed by atoms with Crippen molar-refractivity contribution in [2.45, 2.75) is 50.2 Å². The molecule has 1 saturated carbocycles. The van der Waals surface area contributed by atoms with Crippen LogP contribution in [0.1, 0.15) is 32.1 Å². The number of hydrogen-bond acceptors (Lipinski definition) is 9. The van der Waals surface area contributed by atoms with Crippen LogP contribution in [-0.4, -0.2) is 69.4 Å². The average molecular weight is 651 g/mol. The van der Waals surface area contributed by atoms with E-state index in [4.69, 9.17) is 16.6 Å². The van der Waals surface area contributed by atoms with Gasteiger partial charge in [0.2, 0.25) is 0 Å². The van der Waals surface area contributed by atoms with Gasteiger partial charge in [-0.1, -0.05) is 17.7 Å². The van der Waals surface area contributed by atoms with Gasteiger partial charge < -0.3 is 31.1 Å². The standard InChI is InChI=1S/C33H36ClFN6O3S/c1-45-12-10-28(33(43)44)41(23-6-7-23)29-18-37-27-8-4-19(20-14-25(34)32(42)26(35)15-20)13-24(27)31(29)40-22-5-9-30(38-17-22)39-21-3-2-11-36-16-21/h4-5,8-9,13-15,17-18,21,23,28,36,42H,2-3,6-7,10-12,16H2,1H3,(H,37,40)(H,38,39)(H,43,44)/t21?,28-/m0/s1. The van der Waals surface area contributed by atoms with Crippen LogP contribution in [0.2, 0.25) is 5.02 Å². The summed E-state index contributed by atoms with van der Waals surface area (Å²) in [4.78, 5) is 24.0. The third kappa shape index (κ3) is 7.05. The molecule has 236 valence electrons. The molecular formula is C33H36ClFN6O3S. The Morgan fingerprint density at radius 3 is 2.67 bits per heavy atom. The fourth-order valence-electron chi connectivity index (χ4n) is 5.89. The van der Waals surface area contributed by atoms with Gasteiger partial charge in [-0.2, -0.15) is 11.8 Å². The molecule has 12 heteroatoms. The van der Waals surface area contributed by atoms with E-state index in [0.29, 0.717) is 46.2 Å². The second-order valence-corrected chi connectivity index (χ2v) is 13.0. The van der Waals surface area contributed by atoms with Crippen molar-refractivity contribution in [2.24, 2.45) is 0 Å². The van der Waals surface area contributed by atoms with E-state index < -0.39 is 23.6 Å². The van der Waals surface area contributed by atoms with Crippen LogP contribution in [0.15, 0.2) is 54.9 Å². The van der Waals surface area contributed by atoms with Gasteiger partial charge in [-0.05, 0) is 98.2 Å². The smallest absolute Gasteiger partial charge is 0.326 e. The van der Waals surface area contributed by atoms with Crippen LogP contribution in [0, 0.1) is 5.82 Å². The first-order chi connectivity index (χ1) is 21.8. The number of nitrogens with one attached hydrogen (secondary N) is 3. The van der Waals surface area contributed by atoms with E-state index in [1.54, 1.807) is 24.2 Å². The van der Waals surface area contributed by atoms with E-state index in [1.165, 1.54) is 12.1 Å². The van der Waals surface area contributed by atoms with Crippen LogP contribution >= 0.6 is 23.4 Å². The summed E-state index contributed by atoms with van der Waals surface area (Å²) in [6.45, 7) is 1.93. The number of halogens is 2. The molecule has 1 aliphatic carbocycles. The number of anilines is 4. The molecule has 3 heterocycles. The highest BCUT2D eigenvalue weighted by molar-refractivity contribution is 7.98. The zero-order valence-electron chi connectivity index (χ0n) is 24.9. The fourth-order valence-corrected chi connectivity index (χ4v) is 6.55. The summed E-state index contributed by atoms with van der Waals surface area (Å²) in [5.74, 6) is -0.798. The largest absolute Gasteiger partial charge is 0.504 e. The second-order valence-electron chi connectivity index (χ2n) is 11.6. The molecule has 0 spiro atoms. The molecule has 2 aromatic heterocycles. The predicted molar refractivity (Wildman–Crippen MR) is 181 cm³/mol. The molecule has 9 nitrogen and oxygen atoms in total. The van der Waals surface area contributed by atoms with E-state index in [1.807, 2.05) is 41.5 Å². The average Bonchev–Trinajstić information content (AvgIpc) is 3.88. The Balaban J connectivity index is 1.44. The highest BCUT2D eigenvalue weighted by atomic mass is 35.5. The van der Waals surface area contributed by atoms with Gasteiger partial charge in [0.05, 0.1) is 40.0 Å². The Hall–Kier alpha value is -3.80. The number of aromatic nitrogens is 2. The molecule has 2 aromatic carbocycles. The van der Waals surface area contributed by atoms with Crippen molar-refractivity contribution in [3.8, 4) is 16.9 Å². The van der Waals surface area contributed by atoms with Crippen LogP contribution in [0.25, 0.3) is 22.0 Å². The zero-order chi connectivity index (χ0) is 31.5. The molecule has 2 atom stereocenters. The molecule has 6 rings (SSSR count). The molecule has 1 unspecified atom stereocenters. The number of carbonyl (C=O) groups is 1. The van der Waals surface area contributed by atoms with Gasteiger partial charge in [-0.3, -0.25) is 4.98 Å². The number of thioether (sulfide) groups is 1. The first kappa shape index (κ1) is 31.2. The topological polar surface area (TPSA) is 123 Å². The van der Waals surface area contributed by atoms with Gasteiger partial charge >= 0.3 is 5.97 Å². The fraction of sp³-hybridized carbons (Fsp3) is 0.364. The third-order valence-electron chi connectivity index (χ3n) is 8.31. The summed E-state index contributed by atoms with van der Waals surface area (Å²) in [5.41, 5.74) is 3.93. The minimum Gasteiger partial charge on any atom is -0.504 e. The van der Waals surface area contributed by atoms with Gasteiger partial charge in [-0.15, -0.1) is 0 Å². The molecule has 45 heavy (non-hydrogen) atoms. The van der Waals surface area contributed by atoms with Crippen molar-refractivity contribution in [1.29, 1.82) is 0 Å². The van der Waals surface area contributed by atoms with Crippen molar-refractivity contribution in [2.75, 3.05) is 40.6 Å². The molecule has 5 N–H and O–H groups in total. The monoisotopic (exact) mass is 650 g/mol. The normalized spacial score (nSPS) is 17.2. The van der Waals surface area contributed by atoms with E-state index in [2.05, 4.69) is 20.9 Å². The lowest BCUT2D eigenvalue weighted by molar-refractivity contribution is -0.138. The number of phenols is 1. The van der Waals surface area contributed by atoms with Crippen LogP contribution < -0.4 is 20.9 Å². The lowest BCUT2D eigenvalue weighted by Crippen LogP contribution is -2.43. The van der Waals surface area contributed by atoms with Crippen LogP contribution in [0.3, 0.4) is 0 Å². The number of aliphatic carboxylic acids is 1. The Morgan fingerprint density at radius 1 is 1.16 bits per heavy atom. The molecule has 0 bridgehead atoms. The summed E-state index contributed by atoms with van der Waals surface area (Å²) in [6, 6.07) is 11.9. The summed E-state index contributed by atoms with van der Waals surface area (Å²) in [7, 11) is 0. The first-order valence-electron chi connectivity index (χ1n) is 15.1. The van der Waals surface area contributed by atoms with Crippen LogP contribution in [-0.2, 0) is 4.79 Å². The summed E-state index contributed by atoms with van der Waals surface area (Å²) in [5, 5.41) is 31.3. The van der Waals surface area contributed by atoms with Gasteiger partial charge in [0.1, 0.15) is 11.9 Å². The maximum absolute atomic E-state index is 14.5. The molecule has 0 radical (unpaired) electrons. The highest BCUT2D eigenvalue weighted by Gasteiger charge is 2.39.